The molecule has 0 aliphatic heterocycles. The minimum atomic E-state index is -1.22. The molecule has 0 fully saturated rings. The molecule has 4 aromatic carbocycles. The maximum atomic E-state index is 11.7. The molecule has 0 amide bonds. The minimum Gasteiger partial charge on any atom is -0.722 e. The van der Waals surface area contributed by atoms with Gasteiger partial charge in [0.15, 0.2) is 25.2 Å². The molecule has 0 bridgehead atoms. The van der Waals surface area contributed by atoms with Crippen molar-refractivity contribution in [3.8, 4) is 23.0 Å². The van der Waals surface area contributed by atoms with E-state index in [-0.39, 0.29) is 21.7 Å². The number of rotatable bonds is 60. The van der Waals surface area contributed by atoms with Crippen LogP contribution in [0.2, 0.25) is 0 Å². The summed E-state index contributed by atoms with van der Waals surface area (Å²) in [6.07, 6.45) is 20.8. The number of benzene rings is 4. The van der Waals surface area contributed by atoms with Gasteiger partial charge in [0.2, 0.25) is 0 Å². The zero-order chi connectivity index (χ0) is 77.0. The van der Waals surface area contributed by atoms with Crippen molar-refractivity contribution < 1.29 is 119 Å². The molecule has 0 heterocycles. The number of hydrogen-bond donors (Lipinski definition) is 0. The van der Waals surface area contributed by atoms with E-state index in [1.165, 1.54) is 0 Å². The van der Waals surface area contributed by atoms with Gasteiger partial charge in [-0.3, -0.25) is 0 Å². The van der Waals surface area contributed by atoms with Crippen LogP contribution in [0.5, 0.6) is 23.0 Å². The van der Waals surface area contributed by atoms with Crippen LogP contribution in [0.1, 0.15) is 287 Å². The van der Waals surface area contributed by atoms with Gasteiger partial charge in [0.1, 0.15) is 45.4 Å². The first kappa shape index (κ1) is 101. The smallest absolute Gasteiger partial charge is 0.722 e. The summed E-state index contributed by atoms with van der Waals surface area (Å²) >= 11 is 0. The Bertz CT molecular complexity index is 2170. The van der Waals surface area contributed by atoms with E-state index < -0.39 is 47.6 Å². The topological polar surface area (TPSA) is 240 Å². The molecule has 21 heteroatoms. The van der Waals surface area contributed by atoms with Crippen LogP contribution < -0.4 is 40.0 Å². The Hall–Kier alpha value is -3.85. The molecule has 0 N–H and O–H groups in total. The maximum absolute atomic E-state index is 11.7. The first-order chi connectivity index (χ1) is 50.5. The van der Waals surface area contributed by atoms with Gasteiger partial charge >= 0.3 is 21.7 Å². The summed E-state index contributed by atoms with van der Waals surface area (Å²) < 4.78 is 69.7. The molecule has 4 atom stereocenters. The fourth-order valence-electron chi connectivity index (χ4n) is 9.90. The van der Waals surface area contributed by atoms with Crippen molar-refractivity contribution in [3.63, 3.8) is 0 Å². The van der Waals surface area contributed by atoms with Crippen molar-refractivity contribution in [3.05, 3.63) is 119 Å². The monoisotopic (exact) mass is 1520 g/mol. The van der Waals surface area contributed by atoms with Gasteiger partial charge in [-0.05, 0) is 176 Å². The van der Waals surface area contributed by atoms with Crippen molar-refractivity contribution in [1.29, 1.82) is 0 Å². The molecule has 0 aromatic heterocycles. The largest absolute Gasteiger partial charge is 4.00 e. The zero-order valence-corrected chi connectivity index (χ0v) is 69.2. The molecule has 0 radical (unpaired) electrons. The van der Waals surface area contributed by atoms with Crippen molar-refractivity contribution in [1.82, 2.24) is 0 Å². The van der Waals surface area contributed by atoms with E-state index >= 15 is 0 Å². The molecule has 105 heavy (non-hydrogen) atoms. The Morgan fingerprint density at radius 3 is 0.457 bits per heavy atom. The summed E-state index contributed by atoms with van der Waals surface area (Å²) in [5.41, 5.74) is -2.01. The van der Waals surface area contributed by atoms with Crippen LogP contribution in [-0.4, -0.2) is 104 Å². The van der Waals surface area contributed by atoms with Crippen LogP contribution in [0.15, 0.2) is 97.1 Å². The van der Waals surface area contributed by atoms with Crippen LogP contribution in [0, 0.1) is 0 Å². The molecule has 4 rings (SSSR count). The SMILES string of the molecule is CCCCOc1ccc(C(C)(O[O-])C(OCCCC)OCCCC)cc1.CCCCOc1ccc(C(C)(O[O-])C(OCCCC)OCCCC)cc1.CCCCOc1ccc(C(C)(O[O-])C(OCCCC)OCCCC)cc1.CCCCOc1ccc(C(C)(O[O-])C(OCCCC)OCCCC)cc1.[Ti+4]. The summed E-state index contributed by atoms with van der Waals surface area (Å²) in [6, 6.07) is 29.6. The molecule has 0 spiro atoms. The van der Waals surface area contributed by atoms with E-state index in [1.807, 2.05) is 97.1 Å². The maximum Gasteiger partial charge on any atom is 4.00 e. The first-order valence-electron chi connectivity index (χ1n) is 39.6. The molecule has 4 unspecified atom stereocenters. The Morgan fingerprint density at radius 1 is 0.219 bits per heavy atom. The number of hydrogen-bond acceptors (Lipinski definition) is 20. The van der Waals surface area contributed by atoms with Crippen molar-refractivity contribution in [2.24, 2.45) is 0 Å². The normalized spacial score (nSPS) is 13.6. The third kappa shape index (κ3) is 39.6. The van der Waals surface area contributed by atoms with Crippen LogP contribution in [0.25, 0.3) is 0 Å². The third-order valence-corrected chi connectivity index (χ3v) is 17.4. The van der Waals surface area contributed by atoms with Gasteiger partial charge in [-0.2, -0.15) is 0 Å². The predicted octanol–water partition coefficient (Wildman–Crippen LogP) is 17.3. The second-order valence-electron chi connectivity index (χ2n) is 26.8. The summed E-state index contributed by atoms with van der Waals surface area (Å²) in [7, 11) is 0. The molecular formula is C84H140O20Ti. The second kappa shape index (κ2) is 63.9. The second-order valence-corrected chi connectivity index (χ2v) is 26.8. The van der Waals surface area contributed by atoms with E-state index in [9.17, 15) is 21.0 Å². The van der Waals surface area contributed by atoms with Gasteiger partial charge in [0.05, 0.1) is 26.4 Å². The Labute approximate surface area is 649 Å². The van der Waals surface area contributed by atoms with Gasteiger partial charge in [-0.1, -0.05) is 209 Å². The summed E-state index contributed by atoms with van der Waals surface area (Å²) in [5, 5.41) is 46.7. The minimum absolute atomic E-state index is 0. The van der Waals surface area contributed by atoms with Gasteiger partial charge in [0, 0.05) is 52.9 Å². The molecule has 0 saturated carbocycles. The van der Waals surface area contributed by atoms with Crippen LogP contribution in [-0.2, 0) is 102 Å². The Morgan fingerprint density at radius 2 is 0.343 bits per heavy atom. The molecular weight excluding hydrogens is 1380 g/mol. The Balaban J connectivity index is 0.00000137. The summed E-state index contributed by atoms with van der Waals surface area (Å²) in [4.78, 5) is 18.6. The van der Waals surface area contributed by atoms with E-state index in [0.29, 0.717) is 102 Å². The van der Waals surface area contributed by atoms with Gasteiger partial charge in [0.25, 0.3) is 0 Å². The summed E-state index contributed by atoms with van der Waals surface area (Å²) in [6.45, 7) is 39.1. The first-order valence-corrected chi connectivity index (χ1v) is 39.6. The van der Waals surface area contributed by atoms with Crippen LogP contribution >= 0.6 is 0 Å². The summed E-state index contributed by atoms with van der Waals surface area (Å²) in [5.74, 6) is 3.13. The molecule has 0 saturated heterocycles. The van der Waals surface area contributed by atoms with Gasteiger partial charge in [-0.15, -0.1) is 0 Å². The Kier molecular flexibility index (Phi) is 61.5. The van der Waals surface area contributed by atoms with Crippen molar-refractivity contribution in [2.75, 3.05) is 79.3 Å². The zero-order valence-electron chi connectivity index (χ0n) is 67.7. The average molecular weight is 1520 g/mol. The third-order valence-electron chi connectivity index (χ3n) is 17.4. The number of ether oxygens (including phenoxy) is 12. The quantitative estimate of drug-likeness (QED) is 0.0131. The predicted molar refractivity (Wildman–Crippen MR) is 403 cm³/mol. The molecule has 600 valence electrons. The molecule has 20 nitrogen and oxygen atoms in total. The van der Waals surface area contributed by atoms with Crippen molar-refractivity contribution in [2.45, 2.75) is 312 Å². The van der Waals surface area contributed by atoms with Crippen LogP contribution in [0.3, 0.4) is 0 Å². The molecule has 0 aliphatic rings. The van der Waals surface area contributed by atoms with Crippen molar-refractivity contribution >= 4 is 0 Å². The van der Waals surface area contributed by atoms with Gasteiger partial charge < -0.3 is 97.4 Å². The van der Waals surface area contributed by atoms with E-state index in [0.717, 1.165) is 177 Å². The van der Waals surface area contributed by atoms with E-state index in [4.69, 9.17) is 56.8 Å². The molecule has 0 aliphatic carbocycles. The van der Waals surface area contributed by atoms with E-state index in [1.54, 1.807) is 27.7 Å². The van der Waals surface area contributed by atoms with Crippen LogP contribution in [0.4, 0.5) is 0 Å². The van der Waals surface area contributed by atoms with E-state index in [2.05, 4.69) is 103 Å². The van der Waals surface area contributed by atoms with Gasteiger partial charge in [-0.25, -0.2) is 0 Å². The standard InChI is InChI=1S/4C21H36O5.Ti/c4*1-5-8-15-23-19-13-11-18(12-14-19)21(4,26-22)20(24-16-9-6-2)25-17-10-7-3;/h4*11-14,20,22H,5-10,15-17H2,1-4H3;/q;;;;+4/p-4. The fourth-order valence-corrected chi connectivity index (χ4v) is 9.90. The average Bonchev–Trinajstić information content (AvgIpc) is 0.828. The number of unbranched alkanes of at least 4 members (excludes halogenated alkanes) is 12. The molecule has 4 aromatic rings. The fraction of sp³-hybridized carbons (Fsp3) is 0.714.